The van der Waals surface area contributed by atoms with E-state index < -0.39 is 17.5 Å². The van der Waals surface area contributed by atoms with E-state index in [0.717, 1.165) is 25.0 Å². The van der Waals surface area contributed by atoms with Gasteiger partial charge in [0.15, 0.2) is 17.3 Å². The van der Waals surface area contributed by atoms with Gasteiger partial charge < -0.3 is 10.6 Å². The van der Waals surface area contributed by atoms with Gasteiger partial charge in [0.05, 0.1) is 12.6 Å². The first-order chi connectivity index (χ1) is 14.5. The number of benzene rings is 1. The molecular weight excluding hydrogens is 396 g/mol. The standard InChI is InChI=1S/C19H15F2N7O2/c20-13-4-3-12(7-14(13)21)23-18-26-16-10(5-9-6-15(29)25-17(9)30)8-22-28(16)19(27-18)24-11-1-2-11/h3-5,7-8,11H,1-2,6H2,(H,25,29,30)(H2,23,24,26,27)/b9-5+. The number of aromatic nitrogens is 4. The number of fused-ring (bicyclic) bond motifs is 1. The second kappa shape index (κ2) is 6.87. The highest BCUT2D eigenvalue weighted by atomic mass is 19.2. The molecule has 1 aliphatic heterocycles. The third kappa shape index (κ3) is 3.45. The van der Waals surface area contributed by atoms with Crippen LogP contribution in [-0.2, 0) is 9.59 Å². The van der Waals surface area contributed by atoms with Gasteiger partial charge in [-0.3, -0.25) is 14.9 Å². The van der Waals surface area contributed by atoms with Crippen LogP contribution in [-0.4, -0.2) is 37.4 Å². The number of rotatable bonds is 5. The van der Waals surface area contributed by atoms with Crippen molar-refractivity contribution in [3.8, 4) is 0 Å². The topological polar surface area (TPSA) is 113 Å². The average molecular weight is 411 g/mol. The second-order valence-electron chi connectivity index (χ2n) is 7.10. The summed E-state index contributed by atoms with van der Waals surface area (Å²) in [5.41, 5.74) is 1.48. The molecule has 5 rings (SSSR count). The molecule has 1 aromatic carbocycles. The lowest BCUT2D eigenvalue weighted by Gasteiger charge is -2.10. The minimum absolute atomic E-state index is 0.0194. The number of nitrogens with zero attached hydrogens (tertiary/aromatic N) is 4. The zero-order valence-corrected chi connectivity index (χ0v) is 15.4. The van der Waals surface area contributed by atoms with Crippen LogP contribution in [0.5, 0.6) is 0 Å². The number of imide groups is 1. The van der Waals surface area contributed by atoms with E-state index >= 15 is 0 Å². The number of nitrogens with one attached hydrogen (secondary N) is 3. The van der Waals surface area contributed by atoms with E-state index in [-0.39, 0.29) is 30.0 Å². The molecule has 30 heavy (non-hydrogen) atoms. The molecule has 0 bridgehead atoms. The fourth-order valence-electron chi connectivity index (χ4n) is 3.07. The van der Waals surface area contributed by atoms with E-state index in [4.69, 9.17) is 0 Å². The van der Waals surface area contributed by atoms with E-state index in [1.807, 2.05) is 0 Å². The molecule has 2 aromatic heterocycles. The molecule has 2 amide bonds. The average Bonchev–Trinajstić information content (AvgIpc) is 3.34. The van der Waals surface area contributed by atoms with Gasteiger partial charge in [-0.15, -0.1) is 0 Å². The van der Waals surface area contributed by atoms with E-state index in [2.05, 4.69) is 31.0 Å². The van der Waals surface area contributed by atoms with Gasteiger partial charge in [-0.05, 0) is 31.1 Å². The summed E-state index contributed by atoms with van der Waals surface area (Å²) < 4.78 is 28.3. The van der Waals surface area contributed by atoms with Gasteiger partial charge in [-0.1, -0.05) is 0 Å². The Bertz CT molecular complexity index is 1230. The number of carbonyl (C=O) groups is 2. The van der Waals surface area contributed by atoms with E-state index in [9.17, 15) is 18.4 Å². The minimum Gasteiger partial charge on any atom is -0.351 e. The van der Waals surface area contributed by atoms with Crippen molar-refractivity contribution in [1.29, 1.82) is 0 Å². The molecule has 3 aromatic rings. The van der Waals surface area contributed by atoms with Gasteiger partial charge in [0.1, 0.15) is 0 Å². The predicted octanol–water partition coefficient (Wildman–Crippen LogP) is 2.15. The number of hydrogen-bond donors (Lipinski definition) is 3. The van der Waals surface area contributed by atoms with Crippen molar-refractivity contribution >= 4 is 41.1 Å². The lowest BCUT2D eigenvalue weighted by molar-refractivity contribution is -0.124. The maximum Gasteiger partial charge on any atom is 0.254 e. The molecule has 9 nitrogen and oxygen atoms in total. The van der Waals surface area contributed by atoms with Crippen molar-refractivity contribution in [2.75, 3.05) is 10.6 Å². The second-order valence-corrected chi connectivity index (χ2v) is 7.10. The molecule has 0 atom stereocenters. The third-order valence-electron chi connectivity index (χ3n) is 4.71. The Balaban J connectivity index is 1.57. The summed E-state index contributed by atoms with van der Waals surface area (Å²) in [6.07, 6.45) is 5.05. The molecule has 0 spiro atoms. The fourth-order valence-corrected chi connectivity index (χ4v) is 3.07. The van der Waals surface area contributed by atoms with Crippen LogP contribution in [0, 0.1) is 11.6 Å². The molecule has 0 radical (unpaired) electrons. The Morgan fingerprint density at radius 3 is 2.70 bits per heavy atom. The number of hydrogen-bond acceptors (Lipinski definition) is 7. The maximum atomic E-state index is 13.5. The van der Waals surface area contributed by atoms with Crippen LogP contribution in [0.25, 0.3) is 11.7 Å². The summed E-state index contributed by atoms with van der Waals surface area (Å²) in [5, 5.41) is 12.6. The number of anilines is 3. The van der Waals surface area contributed by atoms with E-state index in [1.165, 1.54) is 16.8 Å². The summed E-state index contributed by atoms with van der Waals surface area (Å²) in [7, 11) is 0. The van der Waals surface area contributed by atoms with Gasteiger partial charge in [-0.2, -0.15) is 19.6 Å². The summed E-state index contributed by atoms with van der Waals surface area (Å²) >= 11 is 0. The Morgan fingerprint density at radius 2 is 2.00 bits per heavy atom. The van der Waals surface area contributed by atoms with E-state index in [1.54, 1.807) is 6.08 Å². The molecule has 3 heterocycles. The minimum atomic E-state index is -0.996. The summed E-state index contributed by atoms with van der Waals surface area (Å²) in [6, 6.07) is 3.64. The largest absolute Gasteiger partial charge is 0.351 e. The van der Waals surface area contributed by atoms with Crippen molar-refractivity contribution < 1.29 is 18.4 Å². The zero-order valence-electron chi connectivity index (χ0n) is 15.4. The Hall–Kier alpha value is -3.89. The fraction of sp³-hybridized carbons (Fsp3) is 0.211. The smallest absolute Gasteiger partial charge is 0.254 e. The molecule has 0 unspecified atom stereocenters. The Kier molecular flexibility index (Phi) is 4.16. The normalized spacial score (nSPS) is 17.6. The highest BCUT2D eigenvalue weighted by Crippen LogP contribution is 2.27. The van der Waals surface area contributed by atoms with Crippen LogP contribution in [0.4, 0.5) is 26.4 Å². The molecule has 1 aliphatic carbocycles. The van der Waals surface area contributed by atoms with Crippen LogP contribution in [0.3, 0.4) is 0 Å². The molecule has 1 saturated heterocycles. The Labute approximate surface area is 168 Å². The number of carbonyl (C=O) groups excluding carboxylic acids is 2. The first-order valence-electron chi connectivity index (χ1n) is 9.25. The zero-order chi connectivity index (χ0) is 20.8. The van der Waals surface area contributed by atoms with Gasteiger partial charge >= 0.3 is 0 Å². The van der Waals surface area contributed by atoms with Crippen LogP contribution < -0.4 is 16.0 Å². The molecule has 1 saturated carbocycles. The SMILES string of the molecule is O=C1C/C(=C\c2cnn3c(NC4CC4)nc(Nc4ccc(F)c(F)c4)nc23)C(=O)N1. The first kappa shape index (κ1) is 18.2. The quantitative estimate of drug-likeness (QED) is 0.436. The van der Waals surface area contributed by atoms with Crippen molar-refractivity contribution in [3.05, 3.63) is 47.2 Å². The predicted molar refractivity (Wildman–Crippen MR) is 103 cm³/mol. The third-order valence-corrected chi connectivity index (χ3v) is 4.71. The van der Waals surface area contributed by atoms with Gasteiger partial charge in [0.25, 0.3) is 5.91 Å². The van der Waals surface area contributed by atoms with Gasteiger partial charge in [-0.25, -0.2) is 8.78 Å². The van der Waals surface area contributed by atoms with Gasteiger partial charge in [0.2, 0.25) is 17.8 Å². The van der Waals surface area contributed by atoms with Crippen LogP contribution in [0.2, 0.25) is 0 Å². The van der Waals surface area contributed by atoms with Crippen molar-refractivity contribution in [3.63, 3.8) is 0 Å². The molecule has 2 aliphatic rings. The van der Waals surface area contributed by atoms with Crippen LogP contribution in [0.15, 0.2) is 30.0 Å². The summed E-state index contributed by atoms with van der Waals surface area (Å²) in [5.74, 6) is -2.21. The molecule has 152 valence electrons. The van der Waals surface area contributed by atoms with Crippen molar-refractivity contribution in [2.45, 2.75) is 25.3 Å². The first-order valence-corrected chi connectivity index (χ1v) is 9.25. The van der Waals surface area contributed by atoms with Gasteiger partial charge in [0, 0.05) is 28.9 Å². The monoisotopic (exact) mass is 411 g/mol. The van der Waals surface area contributed by atoms with Crippen LogP contribution >= 0.6 is 0 Å². The molecule has 3 N–H and O–H groups in total. The molecular formula is C19H15F2N7O2. The van der Waals surface area contributed by atoms with Crippen LogP contribution in [0.1, 0.15) is 24.8 Å². The Morgan fingerprint density at radius 1 is 1.17 bits per heavy atom. The van der Waals surface area contributed by atoms with E-state index in [0.29, 0.717) is 22.7 Å². The number of amides is 2. The lowest BCUT2D eigenvalue weighted by atomic mass is 10.1. The highest BCUT2D eigenvalue weighted by Gasteiger charge is 2.26. The highest BCUT2D eigenvalue weighted by molar-refractivity contribution is 6.15. The summed E-state index contributed by atoms with van der Waals surface area (Å²) in [6.45, 7) is 0. The molecule has 2 fully saturated rings. The number of halogens is 2. The maximum absolute atomic E-state index is 13.5. The molecule has 11 heteroatoms. The van der Waals surface area contributed by atoms with Crippen molar-refractivity contribution in [2.24, 2.45) is 0 Å². The summed E-state index contributed by atoms with van der Waals surface area (Å²) in [4.78, 5) is 32.1. The lowest BCUT2D eigenvalue weighted by Crippen LogP contribution is -2.19. The van der Waals surface area contributed by atoms with Crippen molar-refractivity contribution in [1.82, 2.24) is 24.9 Å².